The van der Waals surface area contributed by atoms with Crippen molar-refractivity contribution in [1.29, 1.82) is 0 Å². The van der Waals surface area contributed by atoms with E-state index in [9.17, 15) is 0 Å². The van der Waals surface area contributed by atoms with Crippen LogP contribution >= 0.6 is 34.8 Å². The summed E-state index contributed by atoms with van der Waals surface area (Å²) in [7, 11) is 1.65. The van der Waals surface area contributed by atoms with Crippen molar-refractivity contribution in [3.8, 4) is 11.5 Å². The smallest absolute Gasteiger partial charge is 0.215 e. The number of methoxy groups -OCH3 is 1. The van der Waals surface area contributed by atoms with Crippen molar-refractivity contribution in [3.63, 3.8) is 0 Å². The van der Waals surface area contributed by atoms with Crippen LogP contribution in [-0.4, -0.2) is 17.8 Å². The van der Waals surface area contributed by atoms with Gasteiger partial charge >= 0.3 is 0 Å². The molecule has 0 fully saturated rings. The summed E-state index contributed by atoms with van der Waals surface area (Å²) >= 11 is 19.3. The predicted octanol–water partition coefficient (Wildman–Crippen LogP) is 6.90. The molecule has 3 aromatic carbocycles. The zero-order valence-electron chi connectivity index (χ0n) is 16.0. The largest absolute Gasteiger partial charge is 0.497 e. The fourth-order valence-electron chi connectivity index (χ4n) is 3.95. The number of hydrogen-bond acceptors (Lipinski definition) is 4. The van der Waals surface area contributed by atoms with Crippen LogP contribution in [-0.2, 0) is 0 Å². The number of benzene rings is 3. The van der Waals surface area contributed by atoms with Crippen LogP contribution in [0.5, 0.6) is 11.5 Å². The van der Waals surface area contributed by atoms with Gasteiger partial charge in [-0.15, -0.1) is 0 Å². The molecule has 3 aromatic rings. The molecular weight excluding hydrogens is 443 g/mol. The van der Waals surface area contributed by atoms with Crippen LogP contribution in [0.2, 0.25) is 15.1 Å². The Bertz CT molecular complexity index is 1150. The first-order chi connectivity index (χ1) is 14.5. The molecule has 5 rings (SSSR count). The maximum absolute atomic E-state index is 6.50. The molecule has 0 unspecified atom stereocenters. The van der Waals surface area contributed by atoms with Crippen molar-refractivity contribution in [2.45, 2.75) is 18.7 Å². The standard InChI is InChI=1S/C23H17Cl3N2O2/c1-29-15-8-6-13(7-9-15)20-12-21-17-10-14(24)11-19(26)22(17)30-23(28(21)27-20)16-4-2-3-5-18(16)25/h2-11,21,23H,12H2,1H3/t21-,23-/m0/s1. The van der Waals surface area contributed by atoms with Crippen LogP contribution in [0.15, 0.2) is 65.8 Å². The Balaban J connectivity index is 1.62. The number of fused-ring (bicyclic) bond motifs is 3. The van der Waals surface area contributed by atoms with Gasteiger partial charge in [-0.1, -0.05) is 53.0 Å². The molecule has 2 aliphatic heterocycles. The normalized spacial score (nSPS) is 19.6. The fourth-order valence-corrected chi connectivity index (χ4v) is 4.74. The highest BCUT2D eigenvalue weighted by Crippen LogP contribution is 2.51. The molecule has 4 nitrogen and oxygen atoms in total. The molecule has 2 aliphatic rings. The molecule has 0 spiro atoms. The van der Waals surface area contributed by atoms with Crippen LogP contribution in [0.4, 0.5) is 0 Å². The molecule has 0 radical (unpaired) electrons. The topological polar surface area (TPSA) is 34.1 Å². The third-order valence-electron chi connectivity index (χ3n) is 5.40. The zero-order valence-corrected chi connectivity index (χ0v) is 18.2. The molecular formula is C23H17Cl3N2O2. The Labute approximate surface area is 189 Å². The number of hydrazone groups is 1. The molecule has 2 heterocycles. The first-order valence-corrected chi connectivity index (χ1v) is 10.6. The third kappa shape index (κ3) is 3.29. The molecule has 0 aliphatic carbocycles. The summed E-state index contributed by atoms with van der Waals surface area (Å²) < 4.78 is 11.6. The number of ether oxygens (including phenoxy) is 2. The third-order valence-corrected chi connectivity index (χ3v) is 6.25. The van der Waals surface area contributed by atoms with Gasteiger partial charge in [0.2, 0.25) is 6.23 Å². The van der Waals surface area contributed by atoms with Gasteiger partial charge in [0.1, 0.15) is 11.5 Å². The molecule has 0 amide bonds. The van der Waals surface area contributed by atoms with Crippen molar-refractivity contribution in [2.75, 3.05) is 7.11 Å². The van der Waals surface area contributed by atoms with Crippen LogP contribution in [0.25, 0.3) is 0 Å². The molecule has 30 heavy (non-hydrogen) atoms. The lowest BCUT2D eigenvalue weighted by Gasteiger charge is -2.38. The average Bonchev–Trinajstić information content (AvgIpc) is 3.20. The monoisotopic (exact) mass is 458 g/mol. The minimum Gasteiger partial charge on any atom is -0.497 e. The van der Waals surface area contributed by atoms with Crippen LogP contribution in [0.3, 0.4) is 0 Å². The summed E-state index contributed by atoms with van der Waals surface area (Å²) in [5.41, 5.74) is 3.73. The summed E-state index contributed by atoms with van der Waals surface area (Å²) in [6.45, 7) is 0. The summed E-state index contributed by atoms with van der Waals surface area (Å²) in [5, 5.41) is 8.55. The summed E-state index contributed by atoms with van der Waals surface area (Å²) in [6, 6.07) is 19.0. The number of hydrogen-bond donors (Lipinski definition) is 0. The lowest BCUT2D eigenvalue weighted by atomic mass is 9.96. The maximum atomic E-state index is 6.50. The van der Waals surface area contributed by atoms with Gasteiger partial charge in [0.25, 0.3) is 0 Å². The van der Waals surface area contributed by atoms with Crippen molar-refractivity contribution in [2.24, 2.45) is 5.10 Å². The minimum atomic E-state index is -0.495. The van der Waals surface area contributed by atoms with Crippen molar-refractivity contribution >= 4 is 40.5 Å². The Morgan fingerprint density at radius 2 is 1.73 bits per heavy atom. The SMILES string of the molecule is COc1ccc(C2=NN3[C@@H](C2)c2cc(Cl)cc(Cl)c2O[C@H]3c2ccccc2Cl)cc1. The van der Waals surface area contributed by atoms with Gasteiger partial charge in [-0.3, -0.25) is 0 Å². The summed E-state index contributed by atoms with van der Waals surface area (Å²) in [5.74, 6) is 1.43. The minimum absolute atomic E-state index is 0.0664. The second kappa shape index (κ2) is 7.69. The molecule has 0 N–H and O–H groups in total. The van der Waals surface area contributed by atoms with Crippen molar-refractivity contribution in [1.82, 2.24) is 5.01 Å². The van der Waals surface area contributed by atoms with Gasteiger partial charge < -0.3 is 9.47 Å². The van der Waals surface area contributed by atoms with Gasteiger partial charge in [0.15, 0.2) is 0 Å². The zero-order chi connectivity index (χ0) is 20.8. The lowest BCUT2D eigenvalue weighted by Crippen LogP contribution is -2.34. The quantitative estimate of drug-likeness (QED) is 0.427. The van der Waals surface area contributed by atoms with E-state index in [0.29, 0.717) is 27.2 Å². The number of halogens is 3. The Morgan fingerprint density at radius 1 is 0.967 bits per heavy atom. The Kier molecular flexibility index (Phi) is 5.02. The van der Waals surface area contributed by atoms with Gasteiger partial charge in [0, 0.05) is 27.6 Å². The molecule has 2 atom stereocenters. The molecule has 0 bridgehead atoms. The molecule has 7 heteroatoms. The number of nitrogens with zero attached hydrogens (tertiary/aromatic N) is 2. The molecule has 0 aromatic heterocycles. The second-order valence-electron chi connectivity index (χ2n) is 7.17. The second-order valence-corrected chi connectivity index (χ2v) is 8.42. The van der Waals surface area contributed by atoms with Crippen molar-refractivity contribution < 1.29 is 9.47 Å². The van der Waals surface area contributed by atoms with Crippen molar-refractivity contribution in [3.05, 3.63) is 92.4 Å². The summed E-state index contributed by atoms with van der Waals surface area (Å²) in [4.78, 5) is 0. The van der Waals surface area contributed by atoms with E-state index in [4.69, 9.17) is 49.4 Å². The maximum Gasteiger partial charge on any atom is 0.215 e. The number of rotatable bonds is 3. The first kappa shape index (κ1) is 19.6. The predicted molar refractivity (Wildman–Crippen MR) is 120 cm³/mol. The van der Waals surface area contributed by atoms with E-state index >= 15 is 0 Å². The molecule has 0 saturated heterocycles. The van der Waals surface area contributed by atoms with E-state index in [0.717, 1.165) is 28.2 Å². The van der Waals surface area contributed by atoms with E-state index in [1.165, 1.54) is 0 Å². The van der Waals surface area contributed by atoms with E-state index in [2.05, 4.69) is 0 Å². The Hall–Kier alpha value is -2.40. The van der Waals surface area contributed by atoms with E-state index < -0.39 is 6.23 Å². The van der Waals surface area contributed by atoms with Crippen LogP contribution in [0.1, 0.15) is 35.4 Å². The Morgan fingerprint density at radius 3 is 2.47 bits per heavy atom. The fraction of sp³-hybridized carbons (Fsp3) is 0.174. The average molecular weight is 460 g/mol. The van der Waals surface area contributed by atoms with Gasteiger partial charge in [-0.2, -0.15) is 5.10 Å². The molecule has 0 saturated carbocycles. The van der Waals surface area contributed by atoms with Crippen LogP contribution < -0.4 is 9.47 Å². The van der Waals surface area contributed by atoms with E-state index in [-0.39, 0.29) is 6.04 Å². The van der Waals surface area contributed by atoms with Gasteiger partial charge in [0.05, 0.1) is 23.9 Å². The van der Waals surface area contributed by atoms with E-state index in [1.807, 2.05) is 59.6 Å². The van der Waals surface area contributed by atoms with Gasteiger partial charge in [-0.25, -0.2) is 5.01 Å². The molecule has 152 valence electrons. The first-order valence-electron chi connectivity index (χ1n) is 9.45. The summed E-state index contributed by atoms with van der Waals surface area (Å²) in [6.07, 6.45) is 0.200. The van der Waals surface area contributed by atoms with E-state index in [1.54, 1.807) is 13.2 Å². The van der Waals surface area contributed by atoms with Crippen LogP contribution in [0, 0.1) is 0 Å². The lowest BCUT2D eigenvalue weighted by molar-refractivity contribution is -0.0188. The highest BCUT2D eigenvalue weighted by Gasteiger charge is 2.42. The highest BCUT2D eigenvalue weighted by molar-refractivity contribution is 6.35. The highest BCUT2D eigenvalue weighted by atomic mass is 35.5. The van der Waals surface area contributed by atoms with Gasteiger partial charge in [-0.05, 0) is 48.0 Å².